The topological polar surface area (TPSA) is 46.2 Å². The van der Waals surface area contributed by atoms with Crippen molar-refractivity contribution in [2.24, 2.45) is 0 Å². The average molecular weight is 177 g/mol. The largest absolute Gasteiger partial charge is 0.345 e. The summed E-state index contributed by atoms with van der Waals surface area (Å²) in [5, 5.41) is 2.47. The highest BCUT2D eigenvalue weighted by Gasteiger charge is 2.14. The number of nitrogens with one attached hydrogen (secondary N) is 1. The summed E-state index contributed by atoms with van der Waals surface area (Å²) in [4.78, 5) is 21.3. The van der Waals surface area contributed by atoms with Crippen molar-refractivity contribution in [3.8, 4) is 0 Å². The van der Waals surface area contributed by atoms with Crippen LogP contribution in [0.2, 0.25) is 0 Å². The lowest BCUT2D eigenvalue weighted by molar-refractivity contribution is -0.122. The van der Waals surface area contributed by atoms with Crippen LogP contribution in [0.25, 0.3) is 0 Å². The summed E-state index contributed by atoms with van der Waals surface area (Å²) in [5.74, 6) is -0.0710. The van der Waals surface area contributed by atoms with Gasteiger partial charge in [0.1, 0.15) is 6.04 Å². The molecule has 0 aliphatic rings. The lowest BCUT2D eigenvalue weighted by atomic mass is 10.0. The van der Waals surface area contributed by atoms with Crippen molar-refractivity contribution in [2.45, 2.75) is 13.0 Å². The van der Waals surface area contributed by atoms with Crippen molar-refractivity contribution in [1.29, 1.82) is 0 Å². The molecule has 3 heteroatoms. The normalized spacial score (nSPS) is 11.8. The van der Waals surface area contributed by atoms with E-state index in [1.54, 1.807) is 0 Å². The molecule has 3 nitrogen and oxygen atoms in total. The van der Waals surface area contributed by atoms with Crippen LogP contribution in [-0.4, -0.2) is 12.2 Å². The summed E-state index contributed by atoms with van der Waals surface area (Å²) in [6, 6.07) is 8.63. The number of ketones is 1. The molecule has 0 saturated carbocycles. The Bertz CT molecular complexity index is 295. The maximum Gasteiger partial charge on any atom is 0.207 e. The van der Waals surface area contributed by atoms with E-state index in [0.717, 1.165) is 5.56 Å². The van der Waals surface area contributed by atoms with Gasteiger partial charge in [-0.2, -0.15) is 0 Å². The third-order valence-electron chi connectivity index (χ3n) is 1.77. The quantitative estimate of drug-likeness (QED) is 0.699. The molecule has 0 bridgehead atoms. The third kappa shape index (κ3) is 2.40. The van der Waals surface area contributed by atoms with Gasteiger partial charge in [-0.25, -0.2) is 0 Å². The van der Waals surface area contributed by atoms with Crippen molar-refractivity contribution in [1.82, 2.24) is 5.32 Å². The molecule has 1 N–H and O–H groups in total. The molecule has 0 aromatic heterocycles. The van der Waals surface area contributed by atoms with Gasteiger partial charge in [-0.05, 0) is 12.5 Å². The van der Waals surface area contributed by atoms with Gasteiger partial charge in [0.25, 0.3) is 0 Å². The Labute approximate surface area is 76.8 Å². The summed E-state index contributed by atoms with van der Waals surface area (Å²) in [5.41, 5.74) is 0.808. The maximum atomic E-state index is 11.1. The number of amides is 1. The number of Topliss-reactive ketones (excluding diaryl/α,β-unsaturated/α-hetero) is 1. The van der Waals surface area contributed by atoms with Crippen molar-refractivity contribution in [3.63, 3.8) is 0 Å². The van der Waals surface area contributed by atoms with Gasteiger partial charge in [0, 0.05) is 0 Å². The Morgan fingerprint density at radius 1 is 1.38 bits per heavy atom. The zero-order valence-electron chi connectivity index (χ0n) is 7.36. The van der Waals surface area contributed by atoms with Gasteiger partial charge in [0.15, 0.2) is 5.78 Å². The molecular weight excluding hydrogens is 166 g/mol. The highest BCUT2D eigenvalue weighted by molar-refractivity contribution is 5.84. The van der Waals surface area contributed by atoms with Gasteiger partial charge in [-0.15, -0.1) is 0 Å². The third-order valence-corrected chi connectivity index (χ3v) is 1.77. The number of rotatable bonds is 4. The molecule has 0 spiro atoms. The molecular formula is C10H11NO2. The van der Waals surface area contributed by atoms with E-state index in [1.165, 1.54) is 6.92 Å². The van der Waals surface area contributed by atoms with E-state index in [0.29, 0.717) is 6.41 Å². The van der Waals surface area contributed by atoms with Gasteiger partial charge in [-0.3, -0.25) is 9.59 Å². The van der Waals surface area contributed by atoms with Gasteiger partial charge in [0.05, 0.1) is 0 Å². The minimum Gasteiger partial charge on any atom is -0.345 e. The Balaban J connectivity index is 2.88. The molecule has 0 fully saturated rings. The van der Waals surface area contributed by atoms with E-state index in [-0.39, 0.29) is 5.78 Å². The molecule has 0 aliphatic heterocycles. The van der Waals surface area contributed by atoms with Crippen molar-refractivity contribution in [2.75, 3.05) is 0 Å². The first-order valence-electron chi connectivity index (χ1n) is 4.01. The summed E-state index contributed by atoms with van der Waals surface area (Å²) in [6.07, 6.45) is 0.541. The summed E-state index contributed by atoms with van der Waals surface area (Å²) in [7, 11) is 0. The first-order chi connectivity index (χ1) is 6.25. The molecule has 68 valence electrons. The van der Waals surface area contributed by atoms with Crippen LogP contribution in [0.3, 0.4) is 0 Å². The Morgan fingerprint density at radius 2 is 2.00 bits per heavy atom. The number of hydrogen-bond acceptors (Lipinski definition) is 2. The predicted octanol–water partition coefficient (Wildman–Crippen LogP) is 1.06. The van der Waals surface area contributed by atoms with E-state index in [1.807, 2.05) is 30.3 Å². The van der Waals surface area contributed by atoms with Crippen molar-refractivity contribution < 1.29 is 9.59 Å². The standard InChI is InChI=1S/C10H11NO2/c1-8(13)10(11-7-12)9-5-3-2-4-6-9/h2-7,10H,1H3,(H,11,12). The average Bonchev–Trinajstić information content (AvgIpc) is 2.15. The molecule has 1 aromatic rings. The Hall–Kier alpha value is -1.64. The number of hydrogen-bond donors (Lipinski definition) is 1. The van der Waals surface area contributed by atoms with Crippen LogP contribution in [0.15, 0.2) is 30.3 Å². The van der Waals surface area contributed by atoms with Crippen molar-refractivity contribution in [3.05, 3.63) is 35.9 Å². The van der Waals surface area contributed by atoms with Crippen LogP contribution >= 0.6 is 0 Å². The minimum atomic E-state index is -0.515. The molecule has 1 rings (SSSR count). The van der Waals surface area contributed by atoms with Crippen molar-refractivity contribution >= 4 is 12.2 Å². The minimum absolute atomic E-state index is 0.0710. The highest BCUT2D eigenvalue weighted by atomic mass is 16.1. The fraction of sp³-hybridized carbons (Fsp3) is 0.200. The van der Waals surface area contributed by atoms with Crippen LogP contribution in [0.4, 0.5) is 0 Å². The molecule has 1 aromatic carbocycles. The lowest BCUT2D eigenvalue weighted by Gasteiger charge is -2.12. The maximum absolute atomic E-state index is 11.1. The summed E-state index contributed by atoms with van der Waals surface area (Å²) < 4.78 is 0. The van der Waals surface area contributed by atoms with E-state index in [2.05, 4.69) is 5.32 Å². The molecule has 0 radical (unpaired) electrons. The van der Waals surface area contributed by atoms with Gasteiger partial charge in [0.2, 0.25) is 6.41 Å². The monoisotopic (exact) mass is 177 g/mol. The first-order valence-corrected chi connectivity index (χ1v) is 4.01. The smallest absolute Gasteiger partial charge is 0.207 e. The van der Waals surface area contributed by atoms with Crippen LogP contribution in [-0.2, 0) is 9.59 Å². The van der Waals surface area contributed by atoms with Gasteiger partial charge < -0.3 is 5.32 Å². The zero-order chi connectivity index (χ0) is 9.68. The SMILES string of the molecule is CC(=O)C(NC=O)c1ccccc1. The van der Waals surface area contributed by atoms with E-state index < -0.39 is 6.04 Å². The molecule has 0 aliphatic carbocycles. The van der Waals surface area contributed by atoms with E-state index >= 15 is 0 Å². The molecule has 1 atom stereocenters. The Morgan fingerprint density at radius 3 is 2.46 bits per heavy atom. The van der Waals surface area contributed by atoms with E-state index in [4.69, 9.17) is 0 Å². The molecule has 1 amide bonds. The van der Waals surface area contributed by atoms with Crippen LogP contribution in [0, 0.1) is 0 Å². The van der Waals surface area contributed by atoms with E-state index in [9.17, 15) is 9.59 Å². The van der Waals surface area contributed by atoms with Crippen LogP contribution in [0.5, 0.6) is 0 Å². The fourth-order valence-corrected chi connectivity index (χ4v) is 1.16. The molecule has 0 heterocycles. The Kier molecular flexibility index (Phi) is 3.20. The highest BCUT2D eigenvalue weighted by Crippen LogP contribution is 2.12. The number of carbonyl (C=O) groups excluding carboxylic acids is 2. The zero-order valence-corrected chi connectivity index (χ0v) is 7.36. The number of carbonyl (C=O) groups is 2. The molecule has 0 saturated heterocycles. The second kappa shape index (κ2) is 4.40. The van der Waals surface area contributed by atoms with Gasteiger partial charge in [-0.1, -0.05) is 30.3 Å². The second-order valence-corrected chi connectivity index (χ2v) is 2.74. The van der Waals surface area contributed by atoms with Gasteiger partial charge >= 0.3 is 0 Å². The summed E-state index contributed by atoms with van der Waals surface area (Å²) in [6.45, 7) is 1.45. The fourth-order valence-electron chi connectivity index (χ4n) is 1.16. The van der Waals surface area contributed by atoms with Crippen LogP contribution in [0.1, 0.15) is 18.5 Å². The number of benzene rings is 1. The predicted molar refractivity (Wildman–Crippen MR) is 49.1 cm³/mol. The molecule has 13 heavy (non-hydrogen) atoms. The summed E-state index contributed by atoms with van der Waals surface area (Å²) >= 11 is 0. The lowest BCUT2D eigenvalue weighted by Crippen LogP contribution is -2.25. The van der Waals surface area contributed by atoms with Crippen LogP contribution < -0.4 is 5.32 Å². The molecule has 1 unspecified atom stereocenters. The first kappa shape index (κ1) is 9.45. The second-order valence-electron chi connectivity index (χ2n) is 2.74.